The quantitative estimate of drug-likeness (QED) is 0.886. The molecule has 1 atom stereocenters. The molecule has 2 heterocycles. The van der Waals surface area contributed by atoms with Gasteiger partial charge in [0, 0.05) is 13.1 Å². The number of fused-ring (bicyclic) bond motifs is 1. The van der Waals surface area contributed by atoms with Crippen LogP contribution in [0.5, 0.6) is 0 Å². The molecule has 0 radical (unpaired) electrons. The zero-order valence-electron chi connectivity index (χ0n) is 11.5. The van der Waals surface area contributed by atoms with Gasteiger partial charge in [-0.25, -0.2) is 13.2 Å². The molecule has 0 fully saturated rings. The fourth-order valence-corrected chi connectivity index (χ4v) is 2.65. The molecule has 0 saturated carbocycles. The predicted molar refractivity (Wildman–Crippen MR) is 71.0 cm³/mol. The second kappa shape index (κ2) is 5.48. The lowest BCUT2D eigenvalue weighted by molar-refractivity contribution is 0.393. The van der Waals surface area contributed by atoms with Crippen molar-refractivity contribution in [1.82, 2.24) is 20.1 Å². The molecule has 112 valence electrons. The molecule has 0 aliphatic carbocycles. The van der Waals surface area contributed by atoms with E-state index in [1.54, 1.807) is 4.57 Å². The van der Waals surface area contributed by atoms with Gasteiger partial charge in [-0.15, -0.1) is 10.2 Å². The smallest absolute Gasteiger partial charge is 0.195 e. The lowest BCUT2D eigenvalue weighted by Crippen LogP contribution is -2.33. The van der Waals surface area contributed by atoms with Gasteiger partial charge in [0.05, 0.1) is 11.6 Å². The summed E-state index contributed by atoms with van der Waals surface area (Å²) in [6.45, 7) is 3.33. The van der Waals surface area contributed by atoms with Crippen LogP contribution in [0.15, 0.2) is 12.1 Å². The summed E-state index contributed by atoms with van der Waals surface area (Å²) in [5, 5.41) is 11.4. The van der Waals surface area contributed by atoms with E-state index >= 15 is 0 Å². The minimum absolute atomic E-state index is 0.0540. The molecule has 0 saturated heterocycles. The van der Waals surface area contributed by atoms with Gasteiger partial charge >= 0.3 is 0 Å². The Morgan fingerprint density at radius 2 is 2.05 bits per heavy atom. The Morgan fingerprint density at radius 1 is 1.24 bits per heavy atom. The number of rotatable bonds is 3. The van der Waals surface area contributed by atoms with Crippen molar-refractivity contribution in [2.24, 2.45) is 0 Å². The Morgan fingerprint density at radius 3 is 2.81 bits per heavy atom. The molecular weight excluding hydrogens is 281 g/mol. The summed E-state index contributed by atoms with van der Waals surface area (Å²) in [6.07, 6.45) is 1.86. The average molecular weight is 296 g/mol. The monoisotopic (exact) mass is 296 g/mol. The zero-order chi connectivity index (χ0) is 15.0. The van der Waals surface area contributed by atoms with Gasteiger partial charge in [0.2, 0.25) is 0 Å². The number of halogens is 3. The van der Waals surface area contributed by atoms with Crippen molar-refractivity contribution in [1.29, 1.82) is 0 Å². The SMILES string of the molecule is CCCC1NCCn2c(-c3ccc(F)c(F)c3F)nnc21. The highest BCUT2D eigenvalue weighted by atomic mass is 19.2. The highest BCUT2D eigenvalue weighted by Crippen LogP contribution is 2.29. The Hall–Kier alpha value is -1.89. The Kier molecular flexibility index (Phi) is 3.67. The maximum absolute atomic E-state index is 13.9. The van der Waals surface area contributed by atoms with Crippen LogP contribution >= 0.6 is 0 Å². The highest BCUT2D eigenvalue weighted by molar-refractivity contribution is 5.56. The first kappa shape index (κ1) is 14.1. The third-order valence-corrected chi connectivity index (χ3v) is 3.67. The van der Waals surface area contributed by atoms with E-state index in [0.717, 1.165) is 18.9 Å². The van der Waals surface area contributed by atoms with Crippen molar-refractivity contribution in [2.75, 3.05) is 6.54 Å². The van der Waals surface area contributed by atoms with Crippen molar-refractivity contribution >= 4 is 0 Å². The first-order valence-corrected chi connectivity index (χ1v) is 6.93. The molecule has 1 unspecified atom stereocenters. The van der Waals surface area contributed by atoms with Crippen LogP contribution in [0.2, 0.25) is 0 Å². The number of nitrogens with zero attached hydrogens (tertiary/aromatic N) is 3. The minimum Gasteiger partial charge on any atom is -0.308 e. The minimum atomic E-state index is -1.48. The lowest BCUT2D eigenvalue weighted by atomic mass is 10.1. The topological polar surface area (TPSA) is 42.7 Å². The summed E-state index contributed by atoms with van der Waals surface area (Å²) < 4.78 is 42.1. The third-order valence-electron chi connectivity index (χ3n) is 3.67. The molecule has 0 spiro atoms. The van der Waals surface area contributed by atoms with Crippen LogP contribution in [0.25, 0.3) is 11.4 Å². The second-order valence-corrected chi connectivity index (χ2v) is 5.05. The molecule has 0 bridgehead atoms. The Bertz CT molecular complexity index is 668. The molecule has 7 heteroatoms. The third kappa shape index (κ3) is 2.31. The Labute approximate surface area is 120 Å². The van der Waals surface area contributed by atoms with Crippen molar-refractivity contribution in [2.45, 2.75) is 32.4 Å². The van der Waals surface area contributed by atoms with Crippen LogP contribution < -0.4 is 5.32 Å². The normalized spacial score (nSPS) is 17.8. The summed E-state index contributed by atoms with van der Waals surface area (Å²) in [7, 11) is 0. The number of benzene rings is 1. The van der Waals surface area contributed by atoms with Crippen molar-refractivity contribution in [3.8, 4) is 11.4 Å². The van der Waals surface area contributed by atoms with Crippen LogP contribution in [-0.2, 0) is 6.54 Å². The molecule has 0 amide bonds. The highest BCUT2D eigenvalue weighted by Gasteiger charge is 2.27. The van der Waals surface area contributed by atoms with E-state index in [2.05, 4.69) is 22.4 Å². The fourth-order valence-electron chi connectivity index (χ4n) is 2.65. The van der Waals surface area contributed by atoms with Gasteiger partial charge in [0.25, 0.3) is 0 Å². The Balaban J connectivity index is 2.07. The number of aromatic nitrogens is 3. The van der Waals surface area contributed by atoms with E-state index in [4.69, 9.17) is 0 Å². The van der Waals surface area contributed by atoms with E-state index < -0.39 is 17.5 Å². The van der Waals surface area contributed by atoms with E-state index in [1.807, 2.05) is 0 Å². The summed E-state index contributed by atoms with van der Waals surface area (Å²) in [4.78, 5) is 0. The van der Waals surface area contributed by atoms with Crippen LogP contribution in [-0.4, -0.2) is 21.3 Å². The summed E-state index contributed by atoms with van der Waals surface area (Å²) in [5.41, 5.74) is -0.0650. The molecule has 3 rings (SSSR count). The first-order valence-electron chi connectivity index (χ1n) is 6.93. The maximum Gasteiger partial charge on any atom is 0.195 e. The fraction of sp³-hybridized carbons (Fsp3) is 0.429. The lowest BCUT2D eigenvalue weighted by Gasteiger charge is -2.24. The number of hydrogen-bond acceptors (Lipinski definition) is 3. The van der Waals surface area contributed by atoms with Gasteiger partial charge in [-0.1, -0.05) is 13.3 Å². The second-order valence-electron chi connectivity index (χ2n) is 5.05. The van der Waals surface area contributed by atoms with Gasteiger partial charge < -0.3 is 9.88 Å². The average Bonchev–Trinajstić information content (AvgIpc) is 2.90. The molecule has 21 heavy (non-hydrogen) atoms. The number of hydrogen-bond donors (Lipinski definition) is 1. The molecular formula is C14H15F3N4. The van der Waals surface area contributed by atoms with E-state index in [-0.39, 0.29) is 17.4 Å². The molecule has 1 aromatic heterocycles. The van der Waals surface area contributed by atoms with Crippen LogP contribution in [0.4, 0.5) is 13.2 Å². The maximum atomic E-state index is 13.9. The van der Waals surface area contributed by atoms with Gasteiger partial charge in [0.1, 0.15) is 0 Å². The summed E-state index contributed by atoms with van der Waals surface area (Å²) in [5.74, 6) is -2.97. The molecule has 1 aromatic carbocycles. The van der Waals surface area contributed by atoms with Crippen molar-refractivity contribution in [3.63, 3.8) is 0 Å². The van der Waals surface area contributed by atoms with Crippen molar-refractivity contribution < 1.29 is 13.2 Å². The summed E-state index contributed by atoms with van der Waals surface area (Å²) in [6, 6.07) is 2.15. The van der Waals surface area contributed by atoms with Crippen LogP contribution in [0, 0.1) is 17.5 Å². The molecule has 4 nitrogen and oxygen atoms in total. The molecule has 1 aliphatic heterocycles. The largest absolute Gasteiger partial charge is 0.308 e. The predicted octanol–water partition coefficient (Wildman–Crippen LogP) is 2.81. The van der Waals surface area contributed by atoms with E-state index in [0.29, 0.717) is 18.9 Å². The van der Waals surface area contributed by atoms with Crippen LogP contribution in [0.1, 0.15) is 31.6 Å². The van der Waals surface area contributed by atoms with Gasteiger partial charge in [-0.3, -0.25) is 0 Å². The van der Waals surface area contributed by atoms with E-state index in [9.17, 15) is 13.2 Å². The zero-order valence-corrected chi connectivity index (χ0v) is 11.5. The van der Waals surface area contributed by atoms with Gasteiger partial charge in [-0.2, -0.15) is 0 Å². The van der Waals surface area contributed by atoms with Crippen molar-refractivity contribution in [3.05, 3.63) is 35.4 Å². The summed E-state index contributed by atoms with van der Waals surface area (Å²) >= 11 is 0. The van der Waals surface area contributed by atoms with Crippen LogP contribution in [0.3, 0.4) is 0 Å². The van der Waals surface area contributed by atoms with Gasteiger partial charge in [0.15, 0.2) is 29.1 Å². The molecule has 1 aliphatic rings. The van der Waals surface area contributed by atoms with E-state index in [1.165, 1.54) is 6.07 Å². The first-order chi connectivity index (χ1) is 10.1. The van der Waals surface area contributed by atoms with Gasteiger partial charge in [-0.05, 0) is 18.6 Å². The molecule has 2 aromatic rings. The number of nitrogens with one attached hydrogen (secondary N) is 1. The molecule has 1 N–H and O–H groups in total. The standard InChI is InChI=1S/C14H15F3N4/c1-2-3-10-14-20-19-13(21(14)7-6-18-10)8-4-5-9(15)12(17)11(8)16/h4-5,10,18H,2-3,6-7H2,1H3.